The van der Waals surface area contributed by atoms with E-state index in [4.69, 9.17) is 4.74 Å². The fraction of sp³-hybridized carbons (Fsp3) is 0.500. The van der Waals surface area contributed by atoms with E-state index in [1.165, 1.54) is 11.8 Å². The number of anilines is 2. The summed E-state index contributed by atoms with van der Waals surface area (Å²) >= 11 is 0. The lowest BCUT2D eigenvalue weighted by atomic mass is 9.81. The molecular formula is C18H18N2O4. The minimum atomic E-state index is -0.326. The first kappa shape index (κ1) is 14.2. The fourth-order valence-corrected chi connectivity index (χ4v) is 4.80. The van der Waals surface area contributed by atoms with Crippen molar-refractivity contribution in [3.63, 3.8) is 0 Å². The van der Waals surface area contributed by atoms with E-state index >= 15 is 0 Å². The van der Waals surface area contributed by atoms with Crippen LogP contribution >= 0.6 is 0 Å². The second kappa shape index (κ2) is 4.66. The quantitative estimate of drug-likeness (QED) is 0.729. The van der Waals surface area contributed by atoms with Crippen LogP contribution in [0.1, 0.15) is 25.3 Å². The normalized spacial score (nSPS) is 33.4. The Morgan fingerprint density at radius 1 is 1.12 bits per heavy atom. The molecular weight excluding hydrogens is 308 g/mol. The average Bonchev–Trinajstić information content (AvgIpc) is 3.30. The van der Waals surface area contributed by atoms with Gasteiger partial charge in [-0.05, 0) is 37.0 Å². The Morgan fingerprint density at radius 2 is 1.79 bits per heavy atom. The third-order valence-corrected chi connectivity index (χ3v) is 5.89. The number of carbonyl (C=O) groups is 3. The molecule has 6 heteroatoms. The zero-order valence-electron chi connectivity index (χ0n) is 13.4. The van der Waals surface area contributed by atoms with Gasteiger partial charge in [0.05, 0.1) is 29.7 Å². The maximum Gasteiger partial charge on any atom is 0.240 e. The van der Waals surface area contributed by atoms with Gasteiger partial charge in [-0.3, -0.25) is 14.4 Å². The number of ether oxygens (including phenoxy) is 1. The maximum absolute atomic E-state index is 12.8. The molecule has 5 rings (SSSR count). The van der Waals surface area contributed by atoms with Gasteiger partial charge in [0.15, 0.2) is 0 Å². The lowest BCUT2D eigenvalue weighted by Crippen LogP contribution is -2.34. The van der Waals surface area contributed by atoms with E-state index in [0.717, 1.165) is 30.5 Å². The third kappa shape index (κ3) is 1.66. The topological polar surface area (TPSA) is 66.9 Å². The van der Waals surface area contributed by atoms with Gasteiger partial charge in [-0.15, -0.1) is 0 Å². The minimum Gasteiger partial charge on any atom is -0.373 e. The van der Waals surface area contributed by atoms with Crippen LogP contribution in [0.5, 0.6) is 0 Å². The first-order valence-electron chi connectivity index (χ1n) is 8.50. The molecule has 0 saturated carbocycles. The van der Waals surface area contributed by atoms with E-state index in [9.17, 15) is 14.4 Å². The molecule has 3 fully saturated rings. The first-order valence-corrected chi connectivity index (χ1v) is 8.50. The molecule has 124 valence electrons. The summed E-state index contributed by atoms with van der Waals surface area (Å²) in [6.07, 6.45) is 2.32. The van der Waals surface area contributed by atoms with E-state index in [1.807, 2.05) is 18.2 Å². The molecule has 0 unspecified atom stereocenters. The zero-order valence-corrected chi connectivity index (χ0v) is 13.4. The average molecular weight is 326 g/mol. The van der Waals surface area contributed by atoms with Gasteiger partial charge in [-0.1, -0.05) is 6.07 Å². The highest BCUT2D eigenvalue weighted by Crippen LogP contribution is 2.49. The number of fused-ring (bicyclic) bond motifs is 6. The lowest BCUT2D eigenvalue weighted by molar-refractivity contribution is -0.125. The molecule has 4 heterocycles. The van der Waals surface area contributed by atoms with Crippen molar-refractivity contribution in [1.82, 2.24) is 0 Å². The molecule has 0 aromatic heterocycles. The van der Waals surface area contributed by atoms with Crippen LogP contribution in [0.4, 0.5) is 11.4 Å². The van der Waals surface area contributed by atoms with Crippen molar-refractivity contribution in [1.29, 1.82) is 0 Å². The zero-order chi connectivity index (χ0) is 16.6. The van der Waals surface area contributed by atoms with Crippen molar-refractivity contribution in [2.45, 2.75) is 38.4 Å². The van der Waals surface area contributed by atoms with Gasteiger partial charge < -0.3 is 9.64 Å². The summed E-state index contributed by atoms with van der Waals surface area (Å²) in [6, 6.07) is 5.55. The molecule has 1 aromatic rings. The number of hydrogen-bond donors (Lipinski definition) is 0. The molecule has 3 saturated heterocycles. The number of imide groups is 1. The van der Waals surface area contributed by atoms with Crippen molar-refractivity contribution < 1.29 is 19.1 Å². The Labute approximate surface area is 139 Å². The van der Waals surface area contributed by atoms with Crippen LogP contribution in [0, 0.1) is 11.8 Å². The summed E-state index contributed by atoms with van der Waals surface area (Å²) in [5.74, 6) is -0.968. The van der Waals surface area contributed by atoms with E-state index < -0.39 is 0 Å². The van der Waals surface area contributed by atoms with Gasteiger partial charge in [0.1, 0.15) is 0 Å². The third-order valence-electron chi connectivity index (χ3n) is 5.89. The van der Waals surface area contributed by atoms with E-state index in [-0.39, 0.29) is 41.8 Å². The number of hydrogen-bond acceptors (Lipinski definition) is 4. The second-order valence-electron chi connectivity index (χ2n) is 7.09. The molecule has 3 amide bonds. The summed E-state index contributed by atoms with van der Waals surface area (Å²) in [4.78, 5) is 40.5. The summed E-state index contributed by atoms with van der Waals surface area (Å²) in [5.41, 5.74) is 2.47. The van der Waals surface area contributed by atoms with Gasteiger partial charge >= 0.3 is 0 Å². The molecule has 2 bridgehead atoms. The van der Waals surface area contributed by atoms with Crippen LogP contribution in [-0.2, 0) is 25.5 Å². The highest BCUT2D eigenvalue weighted by molar-refractivity contribution is 6.23. The van der Waals surface area contributed by atoms with E-state index in [0.29, 0.717) is 12.2 Å². The fourth-order valence-electron chi connectivity index (χ4n) is 4.80. The van der Waals surface area contributed by atoms with Crippen molar-refractivity contribution in [2.24, 2.45) is 11.8 Å². The molecule has 0 N–H and O–H groups in total. The van der Waals surface area contributed by atoms with Crippen LogP contribution in [0.15, 0.2) is 18.2 Å². The van der Waals surface area contributed by atoms with Crippen molar-refractivity contribution >= 4 is 29.1 Å². The molecule has 24 heavy (non-hydrogen) atoms. The van der Waals surface area contributed by atoms with Crippen molar-refractivity contribution in [2.75, 3.05) is 16.3 Å². The SMILES string of the molecule is CC(=O)N1CCc2ccc(N3C(=O)[C@@H]4[C@H](C3=O)[C@H]3CC[C@@H]4O3)cc21. The monoisotopic (exact) mass is 326 g/mol. The summed E-state index contributed by atoms with van der Waals surface area (Å²) in [6.45, 7) is 2.19. The molecule has 4 atom stereocenters. The Balaban J connectivity index is 1.54. The van der Waals surface area contributed by atoms with E-state index in [1.54, 1.807) is 4.90 Å². The summed E-state index contributed by atoms with van der Waals surface area (Å²) < 4.78 is 5.77. The molecule has 0 radical (unpaired) electrons. The largest absolute Gasteiger partial charge is 0.373 e. The molecule has 4 aliphatic rings. The predicted molar refractivity (Wildman–Crippen MR) is 85.5 cm³/mol. The summed E-state index contributed by atoms with van der Waals surface area (Å²) in [5, 5.41) is 0. The number of benzene rings is 1. The van der Waals surface area contributed by atoms with E-state index in [2.05, 4.69) is 0 Å². The Kier molecular flexibility index (Phi) is 2.75. The van der Waals surface area contributed by atoms with Crippen LogP contribution in [0.2, 0.25) is 0 Å². The molecule has 0 spiro atoms. The predicted octanol–water partition coefficient (Wildman–Crippen LogP) is 1.26. The highest BCUT2D eigenvalue weighted by Gasteiger charge is 2.62. The van der Waals surface area contributed by atoms with Gasteiger partial charge in [0.2, 0.25) is 17.7 Å². The minimum absolute atomic E-state index is 0.0201. The van der Waals surface area contributed by atoms with Crippen LogP contribution in [0.3, 0.4) is 0 Å². The highest BCUT2D eigenvalue weighted by atomic mass is 16.5. The van der Waals surface area contributed by atoms with Crippen LogP contribution in [0.25, 0.3) is 0 Å². The second-order valence-corrected chi connectivity index (χ2v) is 7.09. The van der Waals surface area contributed by atoms with Crippen LogP contribution in [-0.4, -0.2) is 36.5 Å². The standard InChI is InChI=1S/C18H18N2O4/c1-9(21)19-7-6-10-2-3-11(8-12(10)19)20-17(22)15-13-4-5-14(24-13)16(15)18(20)23/h2-3,8,13-16H,4-7H2,1H3/t13-,14+,15-,16+. The first-order chi connectivity index (χ1) is 11.6. The Morgan fingerprint density at radius 3 is 2.42 bits per heavy atom. The molecule has 0 aliphatic carbocycles. The summed E-state index contributed by atoms with van der Waals surface area (Å²) in [7, 11) is 0. The van der Waals surface area contributed by atoms with Crippen LogP contribution < -0.4 is 9.80 Å². The maximum atomic E-state index is 12.8. The van der Waals surface area contributed by atoms with Crippen molar-refractivity contribution in [3.05, 3.63) is 23.8 Å². The number of carbonyl (C=O) groups excluding carboxylic acids is 3. The van der Waals surface area contributed by atoms with Gasteiger partial charge in [-0.25, -0.2) is 4.90 Å². The van der Waals surface area contributed by atoms with Gasteiger partial charge in [0, 0.05) is 19.2 Å². The number of nitrogens with zero attached hydrogens (tertiary/aromatic N) is 2. The van der Waals surface area contributed by atoms with Gasteiger partial charge in [0.25, 0.3) is 0 Å². The molecule has 4 aliphatic heterocycles. The Hall–Kier alpha value is -2.21. The number of rotatable bonds is 1. The molecule has 1 aromatic carbocycles. The lowest BCUT2D eigenvalue weighted by Gasteiger charge is -2.20. The number of amides is 3. The van der Waals surface area contributed by atoms with Gasteiger partial charge in [-0.2, -0.15) is 0 Å². The Bertz CT molecular complexity index is 761. The smallest absolute Gasteiger partial charge is 0.240 e. The van der Waals surface area contributed by atoms with Crippen molar-refractivity contribution in [3.8, 4) is 0 Å². The molecule has 6 nitrogen and oxygen atoms in total.